The van der Waals surface area contributed by atoms with Crippen molar-refractivity contribution in [2.75, 3.05) is 38.2 Å². The van der Waals surface area contributed by atoms with Gasteiger partial charge in [-0.2, -0.15) is 9.97 Å². The lowest BCUT2D eigenvalue weighted by molar-refractivity contribution is -0.131. The standard InChI is InChI=1S/C40H35F3N6O3/c1-3-29-33(41)14-9-23-17-28(50)19-32(35(23)29)30-12-13-31-37(36(30)43)45-40(52-22-27-8-6-16-47(27)2)46-38(31)48-20-25-10-11-26(21-48)49(25)39(51)34(42)18-24-7-4-5-15-44-24/h1,4-5,7,9,12-15,17-19,25-27,50H,6,8,10-11,16,20-22H2,2H3/b34-18-/t25-,26+,27-/m0/s1. The molecule has 264 valence electrons. The first-order valence-corrected chi connectivity index (χ1v) is 17.3. The van der Waals surface area contributed by atoms with E-state index in [2.05, 4.69) is 20.8 Å². The van der Waals surface area contributed by atoms with Crippen molar-refractivity contribution in [2.45, 2.75) is 43.8 Å². The molecule has 0 spiro atoms. The van der Waals surface area contributed by atoms with Crippen molar-refractivity contribution in [1.82, 2.24) is 24.8 Å². The van der Waals surface area contributed by atoms with Crippen molar-refractivity contribution in [3.63, 3.8) is 0 Å². The molecule has 3 atom stereocenters. The van der Waals surface area contributed by atoms with E-state index in [1.54, 1.807) is 35.2 Å². The van der Waals surface area contributed by atoms with E-state index in [0.717, 1.165) is 25.5 Å². The molecule has 0 radical (unpaired) electrons. The van der Waals surface area contributed by atoms with Gasteiger partial charge in [0.05, 0.1) is 23.3 Å². The van der Waals surface area contributed by atoms with Crippen LogP contribution in [0.25, 0.3) is 38.9 Å². The van der Waals surface area contributed by atoms with Gasteiger partial charge in [-0.15, -0.1) is 6.42 Å². The topological polar surface area (TPSA) is 94.9 Å². The fourth-order valence-electron chi connectivity index (χ4n) is 7.96. The molecular weight excluding hydrogens is 669 g/mol. The number of phenolic OH excluding ortho intramolecular Hbond substituents is 1. The molecule has 5 aromatic rings. The number of carbonyl (C=O) groups excluding carboxylic acids is 1. The highest BCUT2D eigenvalue weighted by atomic mass is 19.1. The third-order valence-corrected chi connectivity index (χ3v) is 10.5. The molecule has 2 aromatic heterocycles. The number of likely N-dealkylation sites (N-methyl/N-ethyl adjacent to an activating group) is 1. The molecule has 3 aromatic carbocycles. The monoisotopic (exact) mass is 704 g/mol. The second-order valence-corrected chi connectivity index (χ2v) is 13.6. The van der Waals surface area contributed by atoms with Gasteiger partial charge < -0.3 is 24.5 Å². The first-order chi connectivity index (χ1) is 25.2. The first kappa shape index (κ1) is 33.5. The number of pyridine rings is 1. The van der Waals surface area contributed by atoms with Crippen molar-refractivity contribution in [1.29, 1.82) is 0 Å². The van der Waals surface area contributed by atoms with Crippen LogP contribution in [0.1, 0.15) is 36.9 Å². The number of carbonyl (C=O) groups is 1. The Kier molecular flexibility index (Phi) is 8.67. The highest BCUT2D eigenvalue weighted by Crippen LogP contribution is 2.41. The van der Waals surface area contributed by atoms with Gasteiger partial charge in [-0.3, -0.25) is 9.78 Å². The molecule has 12 heteroatoms. The van der Waals surface area contributed by atoms with Crippen LogP contribution < -0.4 is 9.64 Å². The maximum Gasteiger partial charge on any atom is 0.319 e. The summed E-state index contributed by atoms with van der Waals surface area (Å²) < 4.78 is 53.3. The predicted molar refractivity (Wildman–Crippen MR) is 192 cm³/mol. The molecule has 0 saturated carbocycles. The van der Waals surface area contributed by atoms with Gasteiger partial charge in [0, 0.05) is 47.7 Å². The molecule has 3 aliphatic heterocycles. The molecule has 3 fully saturated rings. The van der Waals surface area contributed by atoms with Gasteiger partial charge in [-0.25, -0.2) is 13.2 Å². The van der Waals surface area contributed by atoms with E-state index in [4.69, 9.17) is 16.1 Å². The van der Waals surface area contributed by atoms with E-state index >= 15 is 8.78 Å². The van der Waals surface area contributed by atoms with E-state index in [0.29, 0.717) is 54.8 Å². The van der Waals surface area contributed by atoms with Gasteiger partial charge in [-0.1, -0.05) is 24.1 Å². The van der Waals surface area contributed by atoms with E-state index in [1.165, 1.54) is 30.5 Å². The lowest BCUT2D eigenvalue weighted by Crippen LogP contribution is -2.56. The minimum atomic E-state index is -0.883. The summed E-state index contributed by atoms with van der Waals surface area (Å²) in [6.45, 7) is 1.92. The van der Waals surface area contributed by atoms with Crippen molar-refractivity contribution >= 4 is 39.5 Å². The Morgan fingerprint density at radius 3 is 2.58 bits per heavy atom. The minimum absolute atomic E-state index is 0.00910. The zero-order valence-corrected chi connectivity index (χ0v) is 28.4. The van der Waals surface area contributed by atoms with Crippen LogP contribution in [0.2, 0.25) is 0 Å². The number of halogens is 3. The van der Waals surface area contributed by atoms with Crippen LogP contribution in [-0.2, 0) is 4.79 Å². The number of phenols is 1. The molecule has 3 aliphatic rings. The maximum absolute atomic E-state index is 17.0. The fourth-order valence-corrected chi connectivity index (χ4v) is 7.96. The van der Waals surface area contributed by atoms with Crippen molar-refractivity contribution in [3.8, 4) is 35.2 Å². The van der Waals surface area contributed by atoms with Crippen LogP contribution in [0.4, 0.5) is 19.0 Å². The number of piperazine rings is 1. The molecule has 9 nitrogen and oxygen atoms in total. The number of anilines is 1. The lowest BCUT2D eigenvalue weighted by atomic mass is 9.93. The quantitative estimate of drug-likeness (QED) is 0.152. The third-order valence-electron chi connectivity index (χ3n) is 10.5. The van der Waals surface area contributed by atoms with E-state index in [1.807, 2.05) is 11.9 Å². The maximum atomic E-state index is 17.0. The number of rotatable bonds is 7. The van der Waals surface area contributed by atoms with Gasteiger partial charge in [0.25, 0.3) is 5.91 Å². The summed E-state index contributed by atoms with van der Waals surface area (Å²) >= 11 is 0. The molecule has 8 rings (SSSR count). The number of terminal acetylenes is 1. The number of ether oxygens (including phenoxy) is 1. The zero-order chi connectivity index (χ0) is 36.1. The molecular formula is C40H35F3N6O3. The number of nitrogens with zero attached hydrogens (tertiary/aromatic N) is 6. The Morgan fingerprint density at radius 1 is 1.06 bits per heavy atom. The molecule has 1 N–H and O–H groups in total. The number of likely N-dealkylation sites (tertiary alicyclic amines) is 1. The van der Waals surface area contributed by atoms with Crippen LogP contribution in [-0.4, -0.2) is 87.2 Å². The van der Waals surface area contributed by atoms with E-state index in [-0.39, 0.29) is 57.5 Å². The minimum Gasteiger partial charge on any atom is -0.508 e. The molecule has 5 heterocycles. The highest BCUT2D eigenvalue weighted by molar-refractivity contribution is 6.04. The van der Waals surface area contributed by atoms with Gasteiger partial charge in [0.1, 0.15) is 29.5 Å². The average Bonchev–Trinajstić information content (AvgIpc) is 3.68. The Hall–Kier alpha value is -5.67. The second-order valence-electron chi connectivity index (χ2n) is 13.6. The fraction of sp³-hybridized carbons (Fsp3) is 0.300. The summed E-state index contributed by atoms with van der Waals surface area (Å²) in [6, 6.07) is 13.3. The number of benzene rings is 3. The SMILES string of the molecule is C#Cc1c(F)ccc2cc(O)cc(-c3ccc4c(N5C[C@H]6CC[C@@H](C5)N6C(=O)/C(F)=C/c5ccccn5)nc(OC[C@@H]5CCCN5C)nc4c3F)c12. The zero-order valence-electron chi connectivity index (χ0n) is 28.4. The van der Waals surface area contributed by atoms with E-state index in [9.17, 15) is 14.3 Å². The van der Waals surface area contributed by atoms with Crippen LogP contribution in [0.3, 0.4) is 0 Å². The van der Waals surface area contributed by atoms with Gasteiger partial charge in [0.15, 0.2) is 11.6 Å². The Labute approximate surface area is 298 Å². The molecule has 2 bridgehead atoms. The van der Waals surface area contributed by atoms with Gasteiger partial charge in [-0.05, 0) is 86.6 Å². The number of hydrogen-bond acceptors (Lipinski definition) is 8. The van der Waals surface area contributed by atoms with Crippen LogP contribution >= 0.6 is 0 Å². The molecule has 52 heavy (non-hydrogen) atoms. The summed E-state index contributed by atoms with van der Waals surface area (Å²) in [7, 11) is 2.03. The number of fused-ring (bicyclic) bond motifs is 4. The Bertz CT molecular complexity index is 2280. The molecule has 3 saturated heterocycles. The lowest BCUT2D eigenvalue weighted by Gasteiger charge is -2.41. The van der Waals surface area contributed by atoms with E-state index < -0.39 is 23.4 Å². The summed E-state index contributed by atoms with van der Waals surface area (Å²) in [5, 5.41) is 11.7. The second kappa shape index (κ2) is 13.5. The van der Waals surface area contributed by atoms with Crippen LogP contribution in [0.15, 0.2) is 66.6 Å². The summed E-state index contributed by atoms with van der Waals surface area (Å²) in [6.07, 6.45) is 11.7. The average molecular weight is 705 g/mol. The molecule has 0 unspecified atom stereocenters. The van der Waals surface area contributed by atoms with Gasteiger partial charge >= 0.3 is 6.01 Å². The number of hydrogen-bond donors (Lipinski definition) is 1. The normalized spacial score (nSPS) is 20.5. The predicted octanol–water partition coefficient (Wildman–Crippen LogP) is 6.47. The number of aromatic nitrogens is 3. The highest BCUT2D eigenvalue weighted by Gasteiger charge is 2.44. The smallest absolute Gasteiger partial charge is 0.319 e. The Morgan fingerprint density at radius 2 is 1.87 bits per heavy atom. The van der Waals surface area contributed by atoms with Crippen molar-refractivity contribution in [3.05, 3.63) is 89.5 Å². The van der Waals surface area contributed by atoms with Crippen molar-refractivity contribution in [2.24, 2.45) is 0 Å². The first-order valence-electron chi connectivity index (χ1n) is 17.3. The summed E-state index contributed by atoms with van der Waals surface area (Å²) in [5.74, 6) is -0.262. The number of amides is 1. The number of aromatic hydroxyl groups is 1. The molecule has 0 aliphatic carbocycles. The summed E-state index contributed by atoms with van der Waals surface area (Å²) in [4.78, 5) is 32.7. The van der Waals surface area contributed by atoms with Crippen LogP contribution in [0.5, 0.6) is 11.8 Å². The Balaban J connectivity index is 1.19. The molecule has 1 amide bonds. The largest absolute Gasteiger partial charge is 0.508 e. The van der Waals surface area contributed by atoms with Gasteiger partial charge in [0.2, 0.25) is 0 Å². The van der Waals surface area contributed by atoms with Crippen LogP contribution in [0, 0.1) is 24.0 Å². The summed E-state index contributed by atoms with van der Waals surface area (Å²) in [5.41, 5.74) is 0.552. The third kappa shape index (κ3) is 5.94. The van der Waals surface area contributed by atoms with Crippen molar-refractivity contribution < 1.29 is 27.8 Å².